The van der Waals surface area contributed by atoms with Crippen LogP contribution < -0.4 is 0 Å². The zero-order chi connectivity index (χ0) is 10.9. The van der Waals surface area contributed by atoms with Crippen molar-refractivity contribution >= 4 is 34.0 Å². The first-order valence-electron chi connectivity index (χ1n) is 4.79. The van der Waals surface area contributed by atoms with Gasteiger partial charge in [0.15, 0.2) is 0 Å². The quantitative estimate of drug-likeness (QED) is 0.625. The van der Waals surface area contributed by atoms with E-state index in [-0.39, 0.29) is 10.8 Å². The second-order valence-electron chi connectivity index (χ2n) is 6.33. The number of halogens is 2. The van der Waals surface area contributed by atoms with Crippen LogP contribution in [0.3, 0.4) is 0 Å². The van der Waals surface area contributed by atoms with Crippen LogP contribution in [0.2, 0.25) is 8.87 Å². The molecule has 0 aliphatic heterocycles. The molecular weight excluding hydrogens is 310 g/mol. The third-order valence-corrected chi connectivity index (χ3v) is 14.2. The van der Waals surface area contributed by atoms with E-state index < -0.39 is 16.1 Å². The van der Waals surface area contributed by atoms with E-state index in [1.807, 2.05) is 0 Å². The molecule has 0 nitrogen and oxygen atoms in total. The van der Waals surface area contributed by atoms with Gasteiger partial charge >= 0.3 is 95.2 Å². The fourth-order valence-electron chi connectivity index (χ4n) is 1.61. The topological polar surface area (TPSA) is 0 Å². The minimum atomic E-state index is -2.77. The van der Waals surface area contributed by atoms with Gasteiger partial charge in [-0.25, -0.2) is 0 Å². The van der Waals surface area contributed by atoms with Crippen molar-refractivity contribution in [1.82, 2.24) is 0 Å². The monoisotopic (exact) mass is 332 g/mol. The number of hydrogen-bond donors (Lipinski definition) is 0. The van der Waals surface area contributed by atoms with Crippen LogP contribution in [0.15, 0.2) is 0 Å². The van der Waals surface area contributed by atoms with E-state index in [2.05, 4.69) is 41.5 Å². The van der Waals surface area contributed by atoms with Gasteiger partial charge in [0.05, 0.1) is 0 Å². The average Bonchev–Trinajstić information content (AvgIpc) is 1.43. The standard InChI is InChI=1S/2C5H11.2ClH.Sn/c2*1-5(2,3)4;;;/h2*1H2,2-4H3;2*1H;/q;;;;+2/p-2. The Balaban J connectivity index is 4.25. The maximum absolute atomic E-state index is 6.48. The predicted octanol–water partition coefficient (Wildman–Crippen LogP) is 5.00. The normalized spacial score (nSPS) is 14.8. The zero-order valence-corrected chi connectivity index (χ0v) is 14.0. The SMILES string of the molecule is CC(C)(C)[CH2][Sn]([Cl])([Cl])[CH2]C(C)(C)C. The molecule has 0 aliphatic rings. The van der Waals surface area contributed by atoms with Crippen molar-refractivity contribution in [3.05, 3.63) is 0 Å². The molecule has 0 N–H and O–H groups in total. The summed E-state index contributed by atoms with van der Waals surface area (Å²) in [6, 6.07) is 0. The van der Waals surface area contributed by atoms with Crippen LogP contribution >= 0.6 is 17.8 Å². The molecule has 80 valence electrons. The summed E-state index contributed by atoms with van der Waals surface area (Å²) in [7, 11) is 13.0. The zero-order valence-electron chi connectivity index (χ0n) is 9.67. The molecule has 0 fully saturated rings. The molecule has 0 saturated heterocycles. The van der Waals surface area contributed by atoms with Gasteiger partial charge in [0.25, 0.3) is 0 Å². The summed E-state index contributed by atoms with van der Waals surface area (Å²) in [5, 5.41) is 0. The predicted molar refractivity (Wildman–Crippen MR) is 66.0 cm³/mol. The van der Waals surface area contributed by atoms with E-state index in [9.17, 15) is 0 Å². The van der Waals surface area contributed by atoms with E-state index >= 15 is 0 Å². The maximum atomic E-state index is 6.48. The molecule has 0 unspecified atom stereocenters. The van der Waals surface area contributed by atoms with E-state index in [1.54, 1.807) is 0 Å². The van der Waals surface area contributed by atoms with Gasteiger partial charge in [-0.05, 0) is 0 Å². The Morgan fingerprint density at radius 3 is 1.15 bits per heavy atom. The fourth-order valence-corrected chi connectivity index (χ4v) is 21.6. The van der Waals surface area contributed by atoms with Crippen LogP contribution in [0, 0.1) is 10.8 Å². The van der Waals surface area contributed by atoms with Crippen molar-refractivity contribution < 1.29 is 0 Å². The molecule has 13 heavy (non-hydrogen) atoms. The van der Waals surface area contributed by atoms with Crippen molar-refractivity contribution in [1.29, 1.82) is 0 Å². The Bertz CT molecular complexity index is 145. The Morgan fingerprint density at radius 2 is 1.00 bits per heavy atom. The average molecular weight is 332 g/mol. The molecule has 0 aromatic rings. The molecule has 0 bridgehead atoms. The van der Waals surface area contributed by atoms with Crippen molar-refractivity contribution in [2.24, 2.45) is 10.8 Å². The van der Waals surface area contributed by atoms with Gasteiger partial charge in [-0.1, -0.05) is 0 Å². The summed E-state index contributed by atoms with van der Waals surface area (Å²) < 4.78 is 2.09. The van der Waals surface area contributed by atoms with E-state index in [1.165, 1.54) is 0 Å². The minimum absolute atomic E-state index is 0.283. The van der Waals surface area contributed by atoms with Gasteiger partial charge in [0, 0.05) is 0 Å². The second-order valence-corrected chi connectivity index (χ2v) is 24.2. The molecule has 0 aromatic carbocycles. The molecular formula is C10H22Cl2Sn. The van der Waals surface area contributed by atoms with Gasteiger partial charge in [0.1, 0.15) is 0 Å². The number of hydrogen-bond acceptors (Lipinski definition) is 0. The third-order valence-electron chi connectivity index (χ3n) is 1.58. The van der Waals surface area contributed by atoms with Crippen LogP contribution in [0.4, 0.5) is 0 Å². The van der Waals surface area contributed by atoms with Crippen LogP contribution in [-0.4, -0.2) is 16.1 Å². The Labute approximate surface area is 94.7 Å². The molecule has 0 aromatic heterocycles. The summed E-state index contributed by atoms with van der Waals surface area (Å²) in [6.45, 7) is 13.3. The van der Waals surface area contributed by atoms with Crippen molar-refractivity contribution in [3.8, 4) is 0 Å². The van der Waals surface area contributed by atoms with Gasteiger partial charge in [0.2, 0.25) is 0 Å². The summed E-state index contributed by atoms with van der Waals surface area (Å²) in [5.41, 5.74) is 0.565. The van der Waals surface area contributed by atoms with E-state index in [0.717, 1.165) is 8.87 Å². The van der Waals surface area contributed by atoms with Crippen molar-refractivity contribution in [3.63, 3.8) is 0 Å². The summed E-state index contributed by atoms with van der Waals surface area (Å²) in [6.07, 6.45) is 0. The van der Waals surface area contributed by atoms with Gasteiger partial charge in [-0.3, -0.25) is 0 Å². The molecule has 0 aliphatic carbocycles. The second kappa shape index (κ2) is 4.49. The molecule has 3 heteroatoms. The van der Waals surface area contributed by atoms with Crippen LogP contribution in [-0.2, 0) is 0 Å². The third kappa shape index (κ3) is 9.68. The summed E-state index contributed by atoms with van der Waals surface area (Å²) >= 11 is -2.77. The first kappa shape index (κ1) is 14.4. The molecule has 0 saturated carbocycles. The molecule has 0 radical (unpaired) electrons. The van der Waals surface area contributed by atoms with Gasteiger partial charge in [-0.15, -0.1) is 0 Å². The van der Waals surface area contributed by atoms with Gasteiger partial charge < -0.3 is 0 Å². The first-order chi connectivity index (χ1) is 5.41. The van der Waals surface area contributed by atoms with Crippen LogP contribution in [0.25, 0.3) is 0 Å². The van der Waals surface area contributed by atoms with Crippen molar-refractivity contribution in [2.75, 3.05) is 0 Å². The fraction of sp³-hybridized carbons (Fsp3) is 1.00. The van der Waals surface area contributed by atoms with E-state index in [4.69, 9.17) is 17.8 Å². The Morgan fingerprint density at radius 1 is 0.769 bits per heavy atom. The molecule has 0 amide bonds. The number of rotatable bonds is 2. The van der Waals surface area contributed by atoms with Crippen molar-refractivity contribution in [2.45, 2.75) is 50.4 Å². The van der Waals surface area contributed by atoms with Crippen LogP contribution in [0.1, 0.15) is 41.5 Å². The molecule has 0 rings (SSSR count). The Kier molecular flexibility index (Phi) is 4.96. The molecule has 0 atom stereocenters. The molecule has 0 heterocycles. The van der Waals surface area contributed by atoms with Gasteiger partial charge in [-0.2, -0.15) is 0 Å². The summed E-state index contributed by atoms with van der Waals surface area (Å²) in [5.74, 6) is 0. The molecule has 0 spiro atoms. The summed E-state index contributed by atoms with van der Waals surface area (Å²) in [4.78, 5) is 0. The van der Waals surface area contributed by atoms with Crippen LogP contribution in [0.5, 0.6) is 0 Å². The van der Waals surface area contributed by atoms with E-state index in [0.29, 0.717) is 0 Å². The first-order valence-corrected chi connectivity index (χ1v) is 16.1. The Hall–Kier alpha value is 1.38.